The Kier molecular flexibility index (Phi) is 6.18. The van der Waals surface area contributed by atoms with Crippen LogP contribution in [0.5, 0.6) is 0 Å². The van der Waals surface area contributed by atoms with Crippen molar-refractivity contribution in [1.29, 1.82) is 0 Å². The number of furan rings is 1. The molecule has 2 heterocycles. The molecule has 1 amide bonds. The van der Waals surface area contributed by atoms with Crippen molar-refractivity contribution in [3.05, 3.63) is 22.6 Å². The normalized spacial score (nSPS) is 19.8. The van der Waals surface area contributed by atoms with Crippen molar-refractivity contribution in [1.82, 2.24) is 10.2 Å². The molecule has 1 aliphatic heterocycles. The lowest BCUT2D eigenvalue weighted by Gasteiger charge is -2.26. The number of nitrogens with one attached hydrogen (secondary N) is 1. The second-order valence-electron chi connectivity index (χ2n) is 4.35. The topological polar surface area (TPSA) is 45.5 Å². The Morgan fingerprint density at radius 2 is 2.22 bits per heavy atom. The maximum atomic E-state index is 12.2. The molecule has 1 aliphatic rings. The van der Waals surface area contributed by atoms with Crippen LogP contribution in [-0.2, 0) is 0 Å². The minimum atomic E-state index is -0.0393. The molecule has 1 fully saturated rings. The summed E-state index contributed by atoms with van der Waals surface area (Å²) in [7, 11) is 1.86. The Morgan fingerprint density at radius 1 is 1.44 bits per heavy atom. The largest absolute Gasteiger partial charge is 0.444 e. The van der Waals surface area contributed by atoms with Crippen LogP contribution in [0.15, 0.2) is 21.2 Å². The molecule has 0 aliphatic carbocycles. The van der Waals surface area contributed by atoms with Crippen LogP contribution < -0.4 is 5.32 Å². The number of nitrogens with zero attached hydrogens (tertiary/aromatic N) is 1. The predicted molar refractivity (Wildman–Crippen MR) is 76.3 cm³/mol. The van der Waals surface area contributed by atoms with Gasteiger partial charge in [0.25, 0.3) is 5.91 Å². The first kappa shape index (κ1) is 15.5. The van der Waals surface area contributed by atoms with E-state index in [1.807, 2.05) is 7.05 Å². The fourth-order valence-electron chi connectivity index (χ4n) is 2.16. The van der Waals surface area contributed by atoms with Gasteiger partial charge in [0, 0.05) is 13.1 Å². The average molecular weight is 338 g/mol. The highest BCUT2D eigenvalue weighted by Gasteiger charge is 2.23. The smallest absolute Gasteiger partial charge is 0.289 e. The molecule has 2 rings (SSSR count). The van der Waals surface area contributed by atoms with Crippen molar-refractivity contribution in [2.24, 2.45) is 0 Å². The van der Waals surface area contributed by atoms with Crippen LogP contribution in [0.4, 0.5) is 0 Å². The van der Waals surface area contributed by atoms with Crippen molar-refractivity contribution in [2.45, 2.75) is 25.3 Å². The van der Waals surface area contributed by atoms with Gasteiger partial charge in [-0.15, -0.1) is 12.4 Å². The standard InChI is InChI=1S/C12H17BrN2O2.ClH/c1-15(9-3-2-7-14-8-6-9)12(16)10-4-5-11(13)17-10;/h4-5,9,14H,2-3,6-8H2,1H3;1H. The summed E-state index contributed by atoms with van der Waals surface area (Å²) in [4.78, 5) is 14.0. The molecule has 1 N–H and O–H groups in total. The van der Waals surface area contributed by atoms with E-state index in [1.165, 1.54) is 0 Å². The Balaban J connectivity index is 0.00000162. The highest BCUT2D eigenvalue weighted by Crippen LogP contribution is 2.19. The molecule has 1 aromatic rings. The number of carbonyl (C=O) groups is 1. The molecule has 0 bridgehead atoms. The molecule has 1 saturated heterocycles. The summed E-state index contributed by atoms with van der Waals surface area (Å²) in [5, 5.41) is 3.35. The highest BCUT2D eigenvalue weighted by molar-refractivity contribution is 9.10. The molecule has 1 unspecified atom stereocenters. The van der Waals surface area contributed by atoms with Crippen LogP contribution in [0, 0.1) is 0 Å². The quantitative estimate of drug-likeness (QED) is 0.902. The third kappa shape index (κ3) is 3.73. The lowest BCUT2D eigenvalue weighted by molar-refractivity contribution is 0.0687. The molecule has 102 valence electrons. The van der Waals surface area contributed by atoms with Crippen LogP contribution in [-0.4, -0.2) is 37.0 Å². The average Bonchev–Trinajstić information content (AvgIpc) is 2.60. The predicted octanol–water partition coefficient (Wildman–Crippen LogP) is 2.68. The second-order valence-corrected chi connectivity index (χ2v) is 5.14. The first-order chi connectivity index (χ1) is 8.18. The van der Waals surface area contributed by atoms with Crippen molar-refractivity contribution < 1.29 is 9.21 Å². The molecule has 18 heavy (non-hydrogen) atoms. The van der Waals surface area contributed by atoms with Gasteiger partial charge in [-0.3, -0.25) is 4.79 Å². The third-order valence-electron chi connectivity index (χ3n) is 3.20. The van der Waals surface area contributed by atoms with Gasteiger partial charge in [0.1, 0.15) is 0 Å². The van der Waals surface area contributed by atoms with E-state index in [9.17, 15) is 4.79 Å². The monoisotopic (exact) mass is 336 g/mol. The molecular formula is C12H18BrClN2O2. The van der Waals surface area contributed by atoms with Crippen molar-refractivity contribution in [2.75, 3.05) is 20.1 Å². The minimum absolute atomic E-state index is 0. The zero-order chi connectivity index (χ0) is 12.3. The van der Waals surface area contributed by atoms with E-state index >= 15 is 0 Å². The van der Waals surface area contributed by atoms with Gasteiger partial charge in [0.15, 0.2) is 10.4 Å². The van der Waals surface area contributed by atoms with Gasteiger partial charge in [-0.05, 0) is 60.4 Å². The van der Waals surface area contributed by atoms with E-state index < -0.39 is 0 Å². The van der Waals surface area contributed by atoms with Gasteiger partial charge < -0.3 is 14.6 Å². The van der Waals surface area contributed by atoms with E-state index in [-0.39, 0.29) is 18.3 Å². The molecule has 0 radical (unpaired) electrons. The molecule has 0 saturated carbocycles. The number of hydrogen-bond donors (Lipinski definition) is 1. The fourth-order valence-corrected chi connectivity index (χ4v) is 2.46. The molecule has 0 spiro atoms. The Morgan fingerprint density at radius 3 is 2.89 bits per heavy atom. The summed E-state index contributed by atoms with van der Waals surface area (Å²) in [6.07, 6.45) is 3.17. The number of halogens is 2. The van der Waals surface area contributed by atoms with E-state index in [0.717, 1.165) is 32.4 Å². The molecule has 1 atom stereocenters. The minimum Gasteiger partial charge on any atom is -0.444 e. The van der Waals surface area contributed by atoms with Gasteiger partial charge in [0.05, 0.1) is 0 Å². The molecule has 4 nitrogen and oxygen atoms in total. The van der Waals surface area contributed by atoms with Gasteiger partial charge in [-0.2, -0.15) is 0 Å². The van der Waals surface area contributed by atoms with E-state index in [0.29, 0.717) is 16.5 Å². The Hall–Kier alpha value is -0.520. The third-order valence-corrected chi connectivity index (χ3v) is 3.62. The fraction of sp³-hybridized carbons (Fsp3) is 0.583. The van der Waals surface area contributed by atoms with Crippen molar-refractivity contribution >= 4 is 34.2 Å². The van der Waals surface area contributed by atoms with Gasteiger partial charge in [-0.25, -0.2) is 0 Å². The van der Waals surface area contributed by atoms with Gasteiger partial charge in [-0.1, -0.05) is 0 Å². The van der Waals surface area contributed by atoms with Crippen molar-refractivity contribution in [3.8, 4) is 0 Å². The number of rotatable bonds is 2. The maximum Gasteiger partial charge on any atom is 0.289 e. The van der Waals surface area contributed by atoms with E-state index in [4.69, 9.17) is 4.42 Å². The SMILES string of the molecule is CN(C(=O)c1ccc(Br)o1)C1CCCNCC1.Cl. The van der Waals surface area contributed by atoms with Crippen molar-refractivity contribution in [3.63, 3.8) is 0 Å². The van der Waals surface area contributed by atoms with Crippen LogP contribution in [0.1, 0.15) is 29.8 Å². The van der Waals surface area contributed by atoms with E-state index in [2.05, 4.69) is 21.2 Å². The lowest BCUT2D eigenvalue weighted by Crippen LogP contribution is -2.37. The number of hydrogen-bond acceptors (Lipinski definition) is 3. The summed E-state index contributed by atoms with van der Waals surface area (Å²) in [5.41, 5.74) is 0. The zero-order valence-electron chi connectivity index (χ0n) is 10.3. The molecular weight excluding hydrogens is 320 g/mol. The zero-order valence-corrected chi connectivity index (χ0v) is 12.7. The maximum absolute atomic E-state index is 12.2. The highest BCUT2D eigenvalue weighted by atomic mass is 79.9. The number of amides is 1. The second kappa shape index (κ2) is 7.16. The van der Waals surface area contributed by atoms with Crippen LogP contribution in [0.2, 0.25) is 0 Å². The lowest BCUT2D eigenvalue weighted by atomic mass is 10.1. The summed E-state index contributed by atoms with van der Waals surface area (Å²) >= 11 is 3.21. The van der Waals surface area contributed by atoms with Crippen LogP contribution >= 0.6 is 28.3 Å². The van der Waals surface area contributed by atoms with Crippen LogP contribution in [0.3, 0.4) is 0 Å². The summed E-state index contributed by atoms with van der Waals surface area (Å²) in [5.74, 6) is 0.360. The van der Waals surface area contributed by atoms with Gasteiger partial charge in [0.2, 0.25) is 0 Å². The van der Waals surface area contributed by atoms with Crippen LogP contribution in [0.25, 0.3) is 0 Å². The first-order valence-corrected chi connectivity index (χ1v) is 6.71. The van der Waals surface area contributed by atoms with Gasteiger partial charge >= 0.3 is 0 Å². The Labute approximate surface area is 122 Å². The summed E-state index contributed by atoms with van der Waals surface area (Å²) in [6, 6.07) is 3.76. The number of carbonyl (C=O) groups excluding carboxylic acids is 1. The Bertz CT molecular complexity index is 389. The summed E-state index contributed by atoms with van der Waals surface area (Å²) < 4.78 is 5.89. The summed E-state index contributed by atoms with van der Waals surface area (Å²) in [6.45, 7) is 2.02. The molecule has 6 heteroatoms. The first-order valence-electron chi connectivity index (χ1n) is 5.91. The molecule has 0 aromatic carbocycles. The van der Waals surface area contributed by atoms with E-state index in [1.54, 1.807) is 17.0 Å². The molecule has 1 aromatic heterocycles.